The quantitative estimate of drug-likeness (QED) is 0.669. The van der Waals surface area contributed by atoms with Gasteiger partial charge in [0.2, 0.25) is 5.88 Å². The van der Waals surface area contributed by atoms with Crippen molar-refractivity contribution in [3.63, 3.8) is 0 Å². The molecule has 4 nitrogen and oxygen atoms in total. The molecule has 1 aromatic rings. The number of hydrogen-bond acceptors (Lipinski definition) is 4. The highest BCUT2D eigenvalue weighted by Gasteiger charge is 2.10. The minimum atomic E-state index is 0.552. The number of nitrogens with zero attached hydrogens (tertiary/aromatic N) is 1. The number of ether oxygens (including phenoxy) is 2. The maximum absolute atomic E-state index is 5.80. The Balaban J connectivity index is 2.61. The molecule has 0 saturated heterocycles. The summed E-state index contributed by atoms with van der Waals surface area (Å²) >= 11 is 0. The minimum Gasteiger partial charge on any atom is -0.475 e. The Labute approximate surface area is 122 Å². The standard InChI is InChI=1S/C16H28N2O2/c1-5-7-17-12-15-13(3)11-14(4)18-16(15)20-10-9-19-8-6-2/h11,17H,5-10,12H2,1-4H3. The second kappa shape index (κ2) is 9.72. The van der Waals surface area contributed by atoms with Crippen LogP contribution in [0.1, 0.15) is 43.5 Å². The maximum atomic E-state index is 5.80. The van der Waals surface area contributed by atoms with Crippen LogP contribution in [0.4, 0.5) is 0 Å². The Morgan fingerprint density at radius 2 is 1.90 bits per heavy atom. The van der Waals surface area contributed by atoms with E-state index in [9.17, 15) is 0 Å². The van der Waals surface area contributed by atoms with Gasteiger partial charge in [-0.2, -0.15) is 0 Å². The van der Waals surface area contributed by atoms with E-state index >= 15 is 0 Å². The normalized spacial score (nSPS) is 10.8. The van der Waals surface area contributed by atoms with Crippen LogP contribution in [0.5, 0.6) is 5.88 Å². The Bertz CT molecular complexity index is 394. The molecule has 114 valence electrons. The van der Waals surface area contributed by atoms with Crippen LogP contribution in [0.25, 0.3) is 0 Å². The van der Waals surface area contributed by atoms with Crippen molar-refractivity contribution >= 4 is 0 Å². The van der Waals surface area contributed by atoms with Crippen LogP contribution in [0, 0.1) is 13.8 Å². The fourth-order valence-corrected chi connectivity index (χ4v) is 2.00. The van der Waals surface area contributed by atoms with Gasteiger partial charge in [-0.15, -0.1) is 0 Å². The molecule has 20 heavy (non-hydrogen) atoms. The largest absolute Gasteiger partial charge is 0.475 e. The van der Waals surface area contributed by atoms with Gasteiger partial charge in [0.25, 0.3) is 0 Å². The third-order valence-corrected chi connectivity index (χ3v) is 2.98. The lowest BCUT2D eigenvalue weighted by Gasteiger charge is -2.14. The van der Waals surface area contributed by atoms with Crippen LogP contribution in [-0.2, 0) is 11.3 Å². The first-order valence-corrected chi connectivity index (χ1v) is 7.57. The topological polar surface area (TPSA) is 43.4 Å². The zero-order chi connectivity index (χ0) is 14.8. The molecule has 0 bridgehead atoms. The molecule has 0 spiro atoms. The molecule has 0 radical (unpaired) electrons. The second-order valence-electron chi connectivity index (χ2n) is 5.00. The summed E-state index contributed by atoms with van der Waals surface area (Å²) in [5.41, 5.74) is 3.37. The van der Waals surface area contributed by atoms with E-state index in [1.165, 1.54) is 5.56 Å². The van der Waals surface area contributed by atoms with E-state index in [-0.39, 0.29) is 0 Å². The van der Waals surface area contributed by atoms with E-state index in [0.717, 1.165) is 49.7 Å². The highest BCUT2D eigenvalue weighted by atomic mass is 16.5. The molecule has 1 heterocycles. The van der Waals surface area contributed by atoms with Crippen LogP contribution >= 0.6 is 0 Å². The number of hydrogen-bond donors (Lipinski definition) is 1. The van der Waals surface area contributed by atoms with Crippen LogP contribution < -0.4 is 10.1 Å². The predicted molar refractivity (Wildman–Crippen MR) is 82.3 cm³/mol. The number of aryl methyl sites for hydroxylation is 2. The summed E-state index contributed by atoms with van der Waals surface area (Å²) in [5.74, 6) is 0.742. The first-order chi connectivity index (χ1) is 9.69. The smallest absolute Gasteiger partial charge is 0.218 e. The Morgan fingerprint density at radius 3 is 2.60 bits per heavy atom. The SMILES string of the molecule is CCCNCc1c(C)cc(C)nc1OCCOCCC. The van der Waals surface area contributed by atoms with Gasteiger partial charge >= 0.3 is 0 Å². The lowest BCUT2D eigenvalue weighted by atomic mass is 10.1. The lowest BCUT2D eigenvalue weighted by molar-refractivity contribution is 0.0985. The van der Waals surface area contributed by atoms with E-state index in [2.05, 4.69) is 37.1 Å². The van der Waals surface area contributed by atoms with Crippen LogP contribution in [0.15, 0.2) is 6.07 Å². The van der Waals surface area contributed by atoms with Crippen LogP contribution in [0.3, 0.4) is 0 Å². The van der Waals surface area contributed by atoms with Crippen molar-refractivity contribution in [3.8, 4) is 5.88 Å². The summed E-state index contributed by atoms with van der Waals surface area (Å²) in [6, 6.07) is 2.10. The van der Waals surface area contributed by atoms with Crippen molar-refractivity contribution < 1.29 is 9.47 Å². The highest BCUT2D eigenvalue weighted by Crippen LogP contribution is 2.20. The molecule has 0 fully saturated rings. The third-order valence-electron chi connectivity index (χ3n) is 2.98. The van der Waals surface area contributed by atoms with Crippen molar-refractivity contribution in [3.05, 3.63) is 22.9 Å². The molecule has 0 aliphatic carbocycles. The Kier molecular flexibility index (Phi) is 8.23. The van der Waals surface area contributed by atoms with Gasteiger partial charge in [0.15, 0.2) is 0 Å². The van der Waals surface area contributed by atoms with Gasteiger partial charge in [-0.25, -0.2) is 4.98 Å². The lowest BCUT2D eigenvalue weighted by Crippen LogP contribution is -2.17. The first kappa shape index (κ1) is 16.9. The summed E-state index contributed by atoms with van der Waals surface area (Å²) in [6.07, 6.45) is 2.16. The molecule has 4 heteroatoms. The molecule has 0 saturated carbocycles. The summed E-state index contributed by atoms with van der Waals surface area (Å²) in [5, 5.41) is 3.41. The molecule has 0 unspecified atom stereocenters. The van der Waals surface area contributed by atoms with Gasteiger partial charge in [0, 0.05) is 24.4 Å². The van der Waals surface area contributed by atoms with Crippen molar-refractivity contribution in [1.29, 1.82) is 0 Å². The molecular weight excluding hydrogens is 252 g/mol. The summed E-state index contributed by atoms with van der Waals surface area (Å²) in [7, 11) is 0. The maximum Gasteiger partial charge on any atom is 0.218 e. The van der Waals surface area contributed by atoms with Crippen molar-refractivity contribution in [1.82, 2.24) is 10.3 Å². The molecule has 0 aromatic carbocycles. The van der Waals surface area contributed by atoms with Gasteiger partial charge in [0.05, 0.1) is 6.61 Å². The van der Waals surface area contributed by atoms with E-state index in [4.69, 9.17) is 9.47 Å². The van der Waals surface area contributed by atoms with Gasteiger partial charge in [0.1, 0.15) is 6.61 Å². The first-order valence-electron chi connectivity index (χ1n) is 7.57. The van der Waals surface area contributed by atoms with Gasteiger partial charge in [-0.1, -0.05) is 13.8 Å². The van der Waals surface area contributed by atoms with E-state index < -0.39 is 0 Å². The molecular formula is C16H28N2O2. The molecule has 1 aromatic heterocycles. The predicted octanol–water partition coefficient (Wildman–Crippen LogP) is 3.00. The molecule has 1 N–H and O–H groups in total. The van der Waals surface area contributed by atoms with E-state index in [0.29, 0.717) is 13.2 Å². The number of aromatic nitrogens is 1. The monoisotopic (exact) mass is 280 g/mol. The molecule has 0 aliphatic rings. The number of nitrogens with one attached hydrogen (secondary N) is 1. The second-order valence-corrected chi connectivity index (χ2v) is 5.00. The van der Waals surface area contributed by atoms with Crippen molar-refractivity contribution in [2.45, 2.75) is 47.1 Å². The number of pyridine rings is 1. The summed E-state index contributed by atoms with van der Waals surface area (Å²) in [4.78, 5) is 4.51. The molecule has 0 aliphatic heterocycles. The summed E-state index contributed by atoms with van der Waals surface area (Å²) in [6.45, 7) is 12.1. The summed E-state index contributed by atoms with van der Waals surface area (Å²) < 4.78 is 11.2. The van der Waals surface area contributed by atoms with Crippen LogP contribution in [0.2, 0.25) is 0 Å². The van der Waals surface area contributed by atoms with Crippen molar-refractivity contribution in [2.24, 2.45) is 0 Å². The fraction of sp³-hybridized carbons (Fsp3) is 0.688. The zero-order valence-electron chi connectivity index (χ0n) is 13.3. The minimum absolute atomic E-state index is 0.552. The third kappa shape index (κ3) is 5.88. The molecule has 1 rings (SSSR count). The van der Waals surface area contributed by atoms with Crippen molar-refractivity contribution in [2.75, 3.05) is 26.4 Å². The number of rotatable bonds is 10. The average molecular weight is 280 g/mol. The zero-order valence-corrected chi connectivity index (χ0v) is 13.3. The van der Waals surface area contributed by atoms with Gasteiger partial charge in [-0.05, 0) is 44.9 Å². The average Bonchev–Trinajstić information content (AvgIpc) is 2.41. The van der Waals surface area contributed by atoms with Gasteiger partial charge < -0.3 is 14.8 Å². The highest BCUT2D eigenvalue weighted by molar-refractivity contribution is 5.35. The Hall–Kier alpha value is -1.13. The van der Waals surface area contributed by atoms with Crippen LogP contribution in [-0.4, -0.2) is 31.3 Å². The molecule has 0 atom stereocenters. The van der Waals surface area contributed by atoms with Gasteiger partial charge in [-0.3, -0.25) is 0 Å². The van der Waals surface area contributed by atoms with E-state index in [1.54, 1.807) is 0 Å². The Morgan fingerprint density at radius 1 is 1.10 bits per heavy atom. The fourth-order valence-electron chi connectivity index (χ4n) is 2.00. The van der Waals surface area contributed by atoms with E-state index in [1.807, 2.05) is 6.92 Å². The molecule has 0 amide bonds.